The van der Waals surface area contributed by atoms with Crippen molar-refractivity contribution in [2.24, 2.45) is 0 Å². The lowest BCUT2D eigenvalue weighted by molar-refractivity contribution is -0.137. The van der Waals surface area contributed by atoms with Crippen LogP contribution in [0.5, 0.6) is 11.5 Å². The Hall–Kier alpha value is -4.60. The lowest BCUT2D eigenvalue weighted by Gasteiger charge is -2.13. The standard InChI is InChI=1S/C27H17F4N3O3/c28-21-7-6-17(27(29,30)31)11-16(21)13-18(35)12-15-5-8-22(20-4-2-1-3-19(15)20)37-23-9-10-32-26-25(23)33-14-24(36)34-26/h1-11,14H,12-13H2,(H,32,34,36). The fourth-order valence-electron chi connectivity index (χ4n) is 4.08. The Morgan fingerprint density at radius 3 is 2.43 bits per heavy atom. The highest BCUT2D eigenvalue weighted by molar-refractivity contribution is 5.95. The van der Waals surface area contributed by atoms with Gasteiger partial charge >= 0.3 is 6.18 Å². The third-order valence-corrected chi connectivity index (χ3v) is 5.78. The summed E-state index contributed by atoms with van der Waals surface area (Å²) in [4.78, 5) is 35.1. The number of aromatic amines is 1. The molecule has 0 spiro atoms. The average molecular weight is 507 g/mol. The number of carbonyl (C=O) groups is 1. The zero-order valence-corrected chi connectivity index (χ0v) is 19.0. The number of hydrogen-bond acceptors (Lipinski definition) is 5. The predicted octanol–water partition coefficient (Wildman–Crippen LogP) is 5.78. The van der Waals surface area contributed by atoms with Crippen LogP contribution in [0.2, 0.25) is 0 Å². The summed E-state index contributed by atoms with van der Waals surface area (Å²) >= 11 is 0. The van der Waals surface area contributed by atoms with Crippen LogP contribution in [0.15, 0.2) is 77.9 Å². The van der Waals surface area contributed by atoms with Gasteiger partial charge in [0, 0.05) is 30.5 Å². The van der Waals surface area contributed by atoms with Gasteiger partial charge in [0.25, 0.3) is 5.56 Å². The number of H-pyrrole nitrogens is 1. The summed E-state index contributed by atoms with van der Waals surface area (Å²) in [6, 6.07) is 14.1. The van der Waals surface area contributed by atoms with Gasteiger partial charge in [-0.05, 0) is 40.8 Å². The van der Waals surface area contributed by atoms with Gasteiger partial charge in [0.2, 0.25) is 0 Å². The Morgan fingerprint density at radius 2 is 1.65 bits per heavy atom. The number of alkyl halides is 3. The van der Waals surface area contributed by atoms with Gasteiger partial charge in [0.15, 0.2) is 11.4 Å². The van der Waals surface area contributed by atoms with Gasteiger partial charge in [0.05, 0.1) is 11.8 Å². The summed E-state index contributed by atoms with van der Waals surface area (Å²) in [6.07, 6.45) is -2.64. The van der Waals surface area contributed by atoms with Crippen LogP contribution in [0, 0.1) is 5.82 Å². The molecule has 0 fully saturated rings. The Morgan fingerprint density at radius 1 is 0.892 bits per heavy atom. The number of ether oxygens (including phenoxy) is 1. The molecule has 5 aromatic rings. The first-order valence-electron chi connectivity index (χ1n) is 11.1. The van der Waals surface area contributed by atoms with Crippen molar-refractivity contribution in [2.45, 2.75) is 19.0 Å². The maximum Gasteiger partial charge on any atom is 0.416 e. The van der Waals surface area contributed by atoms with Crippen LogP contribution in [-0.2, 0) is 23.8 Å². The number of fused-ring (bicyclic) bond motifs is 2. The topological polar surface area (TPSA) is 84.9 Å². The van der Waals surface area contributed by atoms with Crippen LogP contribution in [0.3, 0.4) is 0 Å². The average Bonchev–Trinajstić information content (AvgIpc) is 2.86. The predicted molar refractivity (Wildman–Crippen MR) is 128 cm³/mol. The summed E-state index contributed by atoms with van der Waals surface area (Å²) in [5.74, 6) is -0.494. The highest BCUT2D eigenvalue weighted by Crippen LogP contribution is 2.34. The number of benzene rings is 3. The molecule has 0 saturated carbocycles. The van der Waals surface area contributed by atoms with Crippen LogP contribution < -0.4 is 10.3 Å². The minimum Gasteiger partial charge on any atom is -0.454 e. The van der Waals surface area contributed by atoms with E-state index in [1.807, 2.05) is 0 Å². The number of nitrogens with zero attached hydrogens (tertiary/aromatic N) is 2. The van der Waals surface area contributed by atoms with Crippen LogP contribution in [-0.4, -0.2) is 20.7 Å². The molecule has 0 amide bonds. The summed E-state index contributed by atoms with van der Waals surface area (Å²) in [5.41, 5.74) is -0.485. The van der Waals surface area contributed by atoms with Gasteiger partial charge in [-0.15, -0.1) is 0 Å². The number of ketones is 1. The molecule has 0 aliphatic carbocycles. The molecule has 0 bridgehead atoms. The number of pyridine rings is 1. The molecule has 0 atom stereocenters. The van der Waals surface area contributed by atoms with E-state index in [2.05, 4.69) is 15.0 Å². The Bertz CT molecular complexity index is 1710. The summed E-state index contributed by atoms with van der Waals surface area (Å²) in [7, 11) is 0. The minimum atomic E-state index is -4.64. The smallest absolute Gasteiger partial charge is 0.416 e. The van der Waals surface area contributed by atoms with Crippen molar-refractivity contribution in [3.05, 3.63) is 106 Å². The number of halogens is 4. The quantitative estimate of drug-likeness (QED) is 0.295. The monoisotopic (exact) mass is 507 g/mol. The number of carbonyl (C=O) groups excluding carboxylic acids is 1. The van der Waals surface area contributed by atoms with Gasteiger partial charge < -0.3 is 9.72 Å². The Labute approximate surface area is 206 Å². The van der Waals surface area contributed by atoms with E-state index in [0.717, 1.165) is 12.3 Å². The molecule has 1 N–H and O–H groups in total. The van der Waals surface area contributed by atoms with E-state index in [1.165, 1.54) is 6.20 Å². The first-order valence-corrected chi connectivity index (χ1v) is 11.1. The van der Waals surface area contributed by atoms with Crippen LogP contribution in [0.1, 0.15) is 16.7 Å². The van der Waals surface area contributed by atoms with E-state index in [1.54, 1.807) is 42.5 Å². The number of Topliss-reactive ketones (excluding diaryl/α,β-unsaturated/α-hetero) is 1. The molecule has 0 aliphatic rings. The molecule has 3 aromatic carbocycles. The second kappa shape index (κ2) is 9.45. The van der Waals surface area contributed by atoms with E-state index in [9.17, 15) is 27.2 Å². The molecule has 2 aromatic heterocycles. The van der Waals surface area contributed by atoms with Crippen LogP contribution in [0.25, 0.3) is 21.9 Å². The molecular weight excluding hydrogens is 490 g/mol. The molecule has 0 radical (unpaired) electrons. The number of aromatic nitrogens is 3. The molecule has 2 heterocycles. The van der Waals surface area contributed by atoms with Crippen LogP contribution in [0.4, 0.5) is 17.6 Å². The Kier molecular flexibility index (Phi) is 6.16. The molecule has 6 nitrogen and oxygen atoms in total. The molecule has 5 rings (SSSR count). The van der Waals surface area contributed by atoms with Gasteiger partial charge in [0.1, 0.15) is 22.9 Å². The van der Waals surface area contributed by atoms with Crippen molar-refractivity contribution in [3.8, 4) is 11.5 Å². The van der Waals surface area contributed by atoms with E-state index in [-0.39, 0.29) is 17.6 Å². The zero-order valence-electron chi connectivity index (χ0n) is 19.0. The van der Waals surface area contributed by atoms with Gasteiger partial charge in [-0.2, -0.15) is 13.2 Å². The van der Waals surface area contributed by atoms with E-state index in [4.69, 9.17) is 4.74 Å². The molecule has 37 heavy (non-hydrogen) atoms. The molecule has 186 valence electrons. The highest BCUT2D eigenvalue weighted by atomic mass is 19.4. The van der Waals surface area contributed by atoms with Crippen molar-refractivity contribution >= 4 is 27.7 Å². The molecular formula is C27H17F4N3O3. The third-order valence-electron chi connectivity index (χ3n) is 5.78. The number of nitrogens with one attached hydrogen (secondary N) is 1. The second-order valence-electron chi connectivity index (χ2n) is 8.32. The van der Waals surface area contributed by atoms with Gasteiger partial charge in [-0.1, -0.05) is 30.3 Å². The maximum absolute atomic E-state index is 14.1. The fraction of sp³-hybridized carbons (Fsp3) is 0.111. The Balaban J connectivity index is 1.44. The van der Waals surface area contributed by atoms with Crippen molar-refractivity contribution in [3.63, 3.8) is 0 Å². The first kappa shape index (κ1) is 24.1. The normalized spacial score (nSPS) is 11.7. The third kappa shape index (κ3) is 5.04. The lowest BCUT2D eigenvalue weighted by Crippen LogP contribution is -2.11. The largest absolute Gasteiger partial charge is 0.454 e. The zero-order chi connectivity index (χ0) is 26.2. The van der Waals surface area contributed by atoms with E-state index in [0.29, 0.717) is 45.5 Å². The van der Waals surface area contributed by atoms with E-state index >= 15 is 0 Å². The molecule has 0 unspecified atom stereocenters. The van der Waals surface area contributed by atoms with Gasteiger partial charge in [-0.3, -0.25) is 9.59 Å². The summed E-state index contributed by atoms with van der Waals surface area (Å²) in [6.45, 7) is 0. The minimum absolute atomic E-state index is 0.114. The first-order chi connectivity index (χ1) is 17.7. The number of hydrogen-bond donors (Lipinski definition) is 1. The van der Waals surface area contributed by atoms with Crippen molar-refractivity contribution in [2.75, 3.05) is 0 Å². The number of rotatable bonds is 6. The summed E-state index contributed by atoms with van der Waals surface area (Å²) < 4.78 is 59.3. The SMILES string of the molecule is O=C(Cc1cc(C(F)(F)F)ccc1F)Cc1ccc(Oc2ccnc3[nH]c(=O)cnc23)c2ccccc12. The molecule has 0 saturated heterocycles. The van der Waals surface area contributed by atoms with Crippen LogP contribution >= 0.6 is 0 Å². The van der Waals surface area contributed by atoms with E-state index < -0.39 is 35.3 Å². The lowest BCUT2D eigenvalue weighted by atomic mass is 9.96. The summed E-state index contributed by atoms with van der Waals surface area (Å²) in [5, 5.41) is 1.37. The second-order valence-corrected chi connectivity index (χ2v) is 8.32. The molecule has 10 heteroatoms. The highest BCUT2D eigenvalue weighted by Gasteiger charge is 2.31. The maximum atomic E-state index is 14.1. The fourth-order valence-corrected chi connectivity index (χ4v) is 4.08. The van der Waals surface area contributed by atoms with Crippen molar-refractivity contribution in [1.82, 2.24) is 15.0 Å². The van der Waals surface area contributed by atoms with Crippen molar-refractivity contribution in [1.29, 1.82) is 0 Å². The molecule has 0 aliphatic heterocycles. The van der Waals surface area contributed by atoms with Gasteiger partial charge in [-0.25, -0.2) is 14.4 Å². The van der Waals surface area contributed by atoms with Crippen molar-refractivity contribution < 1.29 is 27.1 Å².